The van der Waals surface area contributed by atoms with Crippen LogP contribution in [-0.4, -0.2) is 60.4 Å². The molecule has 0 radical (unpaired) electrons. The maximum atomic E-state index is 13.3. The first-order valence-corrected chi connectivity index (χ1v) is 12.6. The van der Waals surface area contributed by atoms with Crippen LogP contribution in [0, 0.1) is 12.8 Å². The summed E-state index contributed by atoms with van der Waals surface area (Å²) >= 11 is 5.90. The first kappa shape index (κ1) is 24.6. The largest absolute Gasteiger partial charge is 0.484 e. The summed E-state index contributed by atoms with van der Waals surface area (Å²) in [5.41, 5.74) is 2.31. The number of carbonyl (C=O) groups excluding carboxylic acids is 2. The maximum absolute atomic E-state index is 13.3. The second kappa shape index (κ2) is 11.7. The van der Waals surface area contributed by atoms with E-state index >= 15 is 0 Å². The van der Waals surface area contributed by atoms with Gasteiger partial charge in [0.05, 0.1) is 6.04 Å². The molecule has 2 aromatic rings. The van der Waals surface area contributed by atoms with Crippen LogP contribution in [0.5, 0.6) is 5.75 Å². The fourth-order valence-electron chi connectivity index (χ4n) is 5.08. The Bertz CT molecular complexity index is 967. The second-order valence-electron chi connectivity index (χ2n) is 9.36. The quantitative estimate of drug-likeness (QED) is 0.615. The Balaban J connectivity index is 1.31. The predicted octanol–water partition coefficient (Wildman–Crippen LogP) is 4.05. The highest BCUT2D eigenvalue weighted by Gasteiger charge is 2.37. The van der Waals surface area contributed by atoms with Crippen molar-refractivity contribution < 1.29 is 14.3 Å². The highest BCUT2D eigenvalue weighted by Crippen LogP contribution is 2.31. The highest BCUT2D eigenvalue weighted by atomic mass is 35.5. The van der Waals surface area contributed by atoms with Crippen molar-refractivity contribution in [2.75, 3.05) is 32.8 Å². The molecule has 0 bridgehead atoms. The lowest BCUT2D eigenvalue weighted by Gasteiger charge is -2.40. The number of carbonyl (C=O) groups is 2. The van der Waals surface area contributed by atoms with Gasteiger partial charge in [0.15, 0.2) is 6.61 Å². The van der Waals surface area contributed by atoms with Crippen LogP contribution in [0.1, 0.15) is 36.8 Å². The van der Waals surface area contributed by atoms with Gasteiger partial charge < -0.3 is 15.0 Å². The maximum Gasteiger partial charge on any atom is 0.260 e. The number of aryl methyl sites for hydroxylation is 1. The van der Waals surface area contributed by atoms with Crippen molar-refractivity contribution in [2.45, 2.75) is 45.2 Å². The van der Waals surface area contributed by atoms with Gasteiger partial charge in [-0.3, -0.25) is 14.5 Å². The number of benzene rings is 2. The molecule has 34 heavy (non-hydrogen) atoms. The Hall–Kier alpha value is -2.57. The van der Waals surface area contributed by atoms with E-state index in [-0.39, 0.29) is 24.5 Å². The molecule has 7 heteroatoms. The summed E-state index contributed by atoms with van der Waals surface area (Å²) < 4.78 is 5.62. The van der Waals surface area contributed by atoms with Crippen LogP contribution < -0.4 is 10.1 Å². The van der Waals surface area contributed by atoms with E-state index in [0.29, 0.717) is 49.4 Å². The van der Waals surface area contributed by atoms with Gasteiger partial charge in [0, 0.05) is 37.7 Å². The lowest BCUT2D eigenvalue weighted by molar-refractivity contribution is -0.137. The van der Waals surface area contributed by atoms with E-state index in [1.54, 1.807) is 24.3 Å². The summed E-state index contributed by atoms with van der Waals surface area (Å²) in [5.74, 6) is 1.09. The molecule has 2 aliphatic rings. The molecule has 4 rings (SSSR count). The van der Waals surface area contributed by atoms with Crippen LogP contribution in [0.15, 0.2) is 48.5 Å². The minimum atomic E-state index is -0.130. The van der Waals surface area contributed by atoms with Crippen LogP contribution >= 0.6 is 11.6 Å². The van der Waals surface area contributed by atoms with E-state index in [2.05, 4.69) is 29.3 Å². The third-order valence-electron chi connectivity index (χ3n) is 6.90. The molecule has 1 heterocycles. The first-order valence-electron chi connectivity index (χ1n) is 12.2. The lowest BCUT2D eigenvalue weighted by Crippen LogP contribution is -2.58. The van der Waals surface area contributed by atoms with Crippen LogP contribution in [0.3, 0.4) is 0 Å². The number of hydrogen-bond donors (Lipinski definition) is 1. The normalized spacial score (nSPS) is 18.0. The number of rotatable bonds is 8. The molecule has 1 aliphatic carbocycles. The molecule has 6 nitrogen and oxygen atoms in total. The first-order chi connectivity index (χ1) is 16.5. The van der Waals surface area contributed by atoms with E-state index in [9.17, 15) is 9.59 Å². The molecule has 1 saturated heterocycles. The van der Waals surface area contributed by atoms with Crippen LogP contribution in [0.4, 0.5) is 0 Å². The van der Waals surface area contributed by atoms with Crippen molar-refractivity contribution in [2.24, 2.45) is 5.92 Å². The van der Waals surface area contributed by atoms with Crippen molar-refractivity contribution in [3.05, 3.63) is 64.7 Å². The zero-order valence-electron chi connectivity index (χ0n) is 19.8. The van der Waals surface area contributed by atoms with Crippen molar-refractivity contribution in [3.8, 4) is 5.75 Å². The van der Waals surface area contributed by atoms with E-state index < -0.39 is 0 Å². The molecular formula is C27H34ClN3O3. The molecule has 1 N–H and O–H groups in total. The number of hydrogen-bond acceptors (Lipinski definition) is 4. The molecule has 0 spiro atoms. The summed E-state index contributed by atoms with van der Waals surface area (Å²) in [5, 5.41) is 3.82. The number of ether oxygens (including phenoxy) is 1. The van der Waals surface area contributed by atoms with Crippen LogP contribution in [-0.2, 0) is 16.1 Å². The minimum Gasteiger partial charge on any atom is -0.484 e. The summed E-state index contributed by atoms with van der Waals surface area (Å²) in [4.78, 5) is 30.1. The van der Waals surface area contributed by atoms with Crippen molar-refractivity contribution in [1.82, 2.24) is 15.1 Å². The number of nitrogens with zero attached hydrogens (tertiary/aromatic N) is 2. The molecule has 1 atom stereocenters. The third-order valence-corrected chi connectivity index (χ3v) is 7.15. The Kier molecular flexibility index (Phi) is 8.46. The number of amides is 2. The summed E-state index contributed by atoms with van der Waals surface area (Å²) in [6, 6.07) is 15.1. The third kappa shape index (κ3) is 6.51. The topological polar surface area (TPSA) is 61.9 Å². The number of halogens is 1. The Morgan fingerprint density at radius 1 is 1.06 bits per heavy atom. The SMILES string of the molecule is Cc1cccc(CNC(=O)C(C2CCCC2)N2CCN(C(=O)COc3ccc(Cl)cc3)CC2)c1. The van der Waals surface area contributed by atoms with Gasteiger partial charge in [0.25, 0.3) is 5.91 Å². The highest BCUT2D eigenvalue weighted by molar-refractivity contribution is 6.30. The predicted molar refractivity (Wildman–Crippen MR) is 134 cm³/mol. The zero-order chi connectivity index (χ0) is 23.9. The zero-order valence-corrected chi connectivity index (χ0v) is 20.6. The Labute approximate surface area is 207 Å². The molecule has 2 fully saturated rings. The molecule has 2 aromatic carbocycles. The van der Waals surface area contributed by atoms with Gasteiger partial charge in [-0.15, -0.1) is 0 Å². The second-order valence-corrected chi connectivity index (χ2v) is 9.79. The standard InChI is InChI=1S/C27H34ClN3O3/c1-20-5-4-6-21(17-20)18-29-27(33)26(22-7-2-3-8-22)31-15-13-30(14-16-31)25(32)19-34-24-11-9-23(28)10-12-24/h4-6,9-12,17,22,26H,2-3,7-8,13-16,18-19H2,1H3,(H,29,33). The van der Waals surface area contributed by atoms with Crippen molar-refractivity contribution in [1.29, 1.82) is 0 Å². The van der Waals surface area contributed by atoms with Gasteiger partial charge in [-0.2, -0.15) is 0 Å². The number of nitrogens with one attached hydrogen (secondary N) is 1. The molecular weight excluding hydrogens is 450 g/mol. The monoisotopic (exact) mass is 483 g/mol. The average molecular weight is 484 g/mol. The van der Waals surface area contributed by atoms with Gasteiger partial charge >= 0.3 is 0 Å². The molecule has 2 amide bonds. The summed E-state index contributed by atoms with van der Waals surface area (Å²) in [6.45, 7) is 5.23. The van der Waals surface area contributed by atoms with E-state index in [1.807, 2.05) is 17.0 Å². The van der Waals surface area contributed by atoms with Gasteiger partial charge in [-0.25, -0.2) is 0 Å². The molecule has 0 aromatic heterocycles. The molecule has 1 aliphatic heterocycles. The fourth-order valence-corrected chi connectivity index (χ4v) is 5.21. The van der Waals surface area contributed by atoms with Crippen molar-refractivity contribution >= 4 is 23.4 Å². The summed E-state index contributed by atoms with van der Waals surface area (Å²) in [6.07, 6.45) is 4.56. The van der Waals surface area contributed by atoms with Gasteiger partial charge in [-0.05, 0) is 55.5 Å². The van der Waals surface area contributed by atoms with E-state index in [4.69, 9.17) is 16.3 Å². The Morgan fingerprint density at radius 2 is 1.76 bits per heavy atom. The number of piperazine rings is 1. The Morgan fingerprint density at radius 3 is 2.44 bits per heavy atom. The van der Waals surface area contributed by atoms with E-state index in [0.717, 1.165) is 18.4 Å². The van der Waals surface area contributed by atoms with Gasteiger partial charge in [-0.1, -0.05) is 54.3 Å². The van der Waals surface area contributed by atoms with Crippen LogP contribution in [0.2, 0.25) is 5.02 Å². The fraction of sp³-hybridized carbons (Fsp3) is 0.481. The minimum absolute atomic E-state index is 0.00463. The molecule has 1 saturated carbocycles. The van der Waals surface area contributed by atoms with Gasteiger partial charge in [0.2, 0.25) is 5.91 Å². The molecule has 182 valence electrons. The van der Waals surface area contributed by atoms with Gasteiger partial charge in [0.1, 0.15) is 5.75 Å². The smallest absolute Gasteiger partial charge is 0.260 e. The molecule has 1 unspecified atom stereocenters. The van der Waals surface area contributed by atoms with E-state index in [1.165, 1.54) is 18.4 Å². The van der Waals surface area contributed by atoms with Crippen LogP contribution in [0.25, 0.3) is 0 Å². The lowest BCUT2D eigenvalue weighted by atomic mass is 9.95. The van der Waals surface area contributed by atoms with Crippen molar-refractivity contribution in [3.63, 3.8) is 0 Å². The summed E-state index contributed by atoms with van der Waals surface area (Å²) in [7, 11) is 0. The average Bonchev–Trinajstić information content (AvgIpc) is 3.37.